The SMILES string of the molecule is CCOCCCC(Cc1ccc(Cl)cc1)NC. The van der Waals surface area contributed by atoms with E-state index in [0.717, 1.165) is 37.5 Å². The molecule has 96 valence electrons. The van der Waals surface area contributed by atoms with Crippen molar-refractivity contribution in [1.29, 1.82) is 0 Å². The summed E-state index contributed by atoms with van der Waals surface area (Å²) < 4.78 is 5.35. The lowest BCUT2D eigenvalue weighted by Crippen LogP contribution is -2.27. The minimum absolute atomic E-state index is 0.511. The van der Waals surface area contributed by atoms with Crippen LogP contribution in [-0.2, 0) is 11.2 Å². The first-order valence-electron chi connectivity index (χ1n) is 6.25. The number of ether oxygens (including phenoxy) is 1. The Bertz CT molecular complexity index is 300. The lowest BCUT2D eigenvalue weighted by molar-refractivity contribution is 0.141. The Kier molecular flexibility index (Phi) is 7.25. The van der Waals surface area contributed by atoms with Gasteiger partial charge < -0.3 is 10.1 Å². The number of hydrogen-bond acceptors (Lipinski definition) is 2. The average molecular weight is 256 g/mol. The van der Waals surface area contributed by atoms with Gasteiger partial charge in [-0.25, -0.2) is 0 Å². The number of likely N-dealkylation sites (N-methyl/N-ethyl adjacent to an activating group) is 1. The van der Waals surface area contributed by atoms with Crippen LogP contribution in [0.1, 0.15) is 25.3 Å². The van der Waals surface area contributed by atoms with E-state index in [1.165, 1.54) is 5.56 Å². The molecule has 0 aliphatic heterocycles. The molecule has 1 aromatic carbocycles. The number of benzene rings is 1. The van der Waals surface area contributed by atoms with Crippen molar-refractivity contribution in [1.82, 2.24) is 5.32 Å². The molecular formula is C14H22ClNO. The van der Waals surface area contributed by atoms with Crippen LogP contribution in [0.15, 0.2) is 24.3 Å². The maximum absolute atomic E-state index is 5.87. The maximum Gasteiger partial charge on any atom is 0.0466 e. The minimum Gasteiger partial charge on any atom is -0.382 e. The molecule has 2 nitrogen and oxygen atoms in total. The third-order valence-electron chi connectivity index (χ3n) is 2.85. The van der Waals surface area contributed by atoms with Crippen molar-refractivity contribution in [2.45, 2.75) is 32.2 Å². The molecule has 0 spiro atoms. The van der Waals surface area contributed by atoms with Crippen LogP contribution in [0.25, 0.3) is 0 Å². The minimum atomic E-state index is 0.511. The number of halogens is 1. The van der Waals surface area contributed by atoms with E-state index in [-0.39, 0.29) is 0 Å². The fourth-order valence-electron chi connectivity index (χ4n) is 1.83. The maximum atomic E-state index is 5.87. The number of hydrogen-bond donors (Lipinski definition) is 1. The van der Waals surface area contributed by atoms with Gasteiger partial charge in [0, 0.05) is 24.3 Å². The Hall–Kier alpha value is -0.570. The van der Waals surface area contributed by atoms with E-state index >= 15 is 0 Å². The Balaban J connectivity index is 2.33. The smallest absolute Gasteiger partial charge is 0.0466 e. The van der Waals surface area contributed by atoms with Gasteiger partial charge in [-0.3, -0.25) is 0 Å². The predicted molar refractivity (Wildman–Crippen MR) is 73.7 cm³/mol. The summed E-state index contributed by atoms with van der Waals surface area (Å²) in [6.07, 6.45) is 3.28. The van der Waals surface area contributed by atoms with Crippen LogP contribution < -0.4 is 5.32 Å². The number of rotatable bonds is 8. The molecular weight excluding hydrogens is 234 g/mol. The highest BCUT2D eigenvalue weighted by Gasteiger charge is 2.06. The summed E-state index contributed by atoms with van der Waals surface area (Å²) in [5, 5.41) is 4.15. The molecule has 1 unspecified atom stereocenters. The fraction of sp³-hybridized carbons (Fsp3) is 0.571. The van der Waals surface area contributed by atoms with E-state index in [1.54, 1.807) is 0 Å². The Morgan fingerprint density at radius 2 is 2.00 bits per heavy atom. The summed E-state index contributed by atoms with van der Waals surface area (Å²) >= 11 is 5.87. The van der Waals surface area contributed by atoms with Crippen molar-refractivity contribution in [3.63, 3.8) is 0 Å². The molecule has 0 aliphatic carbocycles. The standard InChI is InChI=1S/C14H22ClNO/c1-3-17-10-4-5-14(16-2)11-12-6-8-13(15)9-7-12/h6-9,14,16H,3-5,10-11H2,1-2H3. The summed E-state index contributed by atoms with van der Waals surface area (Å²) in [6.45, 7) is 3.69. The lowest BCUT2D eigenvalue weighted by atomic mass is 10.0. The summed E-state index contributed by atoms with van der Waals surface area (Å²) in [4.78, 5) is 0. The van der Waals surface area contributed by atoms with Crippen molar-refractivity contribution in [2.24, 2.45) is 0 Å². The zero-order valence-corrected chi connectivity index (χ0v) is 11.5. The number of nitrogens with one attached hydrogen (secondary N) is 1. The molecule has 0 heterocycles. The van der Waals surface area contributed by atoms with Crippen molar-refractivity contribution >= 4 is 11.6 Å². The summed E-state index contributed by atoms with van der Waals surface area (Å²) in [7, 11) is 2.02. The molecule has 1 N–H and O–H groups in total. The van der Waals surface area contributed by atoms with Crippen molar-refractivity contribution in [2.75, 3.05) is 20.3 Å². The van der Waals surface area contributed by atoms with Crippen molar-refractivity contribution in [3.8, 4) is 0 Å². The Labute approximate surface area is 109 Å². The average Bonchev–Trinajstić information content (AvgIpc) is 2.35. The van der Waals surface area contributed by atoms with Crippen LogP contribution in [0.4, 0.5) is 0 Å². The topological polar surface area (TPSA) is 21.3 Å². The van der Waals surface area contributed by atoms with E-state index in [4.69, 9.17) is 16.3 Å². The normalized spacial score (nSPS) is 12.6. The second-order valence-corrected chi connectivity index (χ2v) is 4.59. The van der Waals surface area contributed by atoms with E-state index < -0.39 is 0 Å². The molecule has 1 aromatic rings. The monoisotopic (exact) mass is 255 g/mol. The summed E-state index contributed by atoms with van der Waals surface area (Å²) in [6, 6.07) is 8.59. The third-order valence-corrected chi connectivity index (χ3v) is 3.10. The highest BCUT2D eigenvalue weighted by molar-refractivity contribution is 6.30. The molecule has 0 radical (unpaired) electrons. The highest BCUT2D eigenvalue weighted by Crippen LogP contribution is 2.12. The highest BCUT2D eigenvalue weighted by atomic mass is 35.5. The van der Waals surface area contributed by atoms with Gasteiger partial charge >= 0.3 is 0 Å². The fourth-order valence-corrected chi connectivity index (χ4v) is 1.96. The lowest BCUT2D eigenvalue weighted by Gasteiger charge is -2.16. The third kappa shape index (κ3) is 6.06. The molecule has 0 amide bonds. The van der Waals surface area contributed by atoms with Gasteiger partial charge in [-0.15, -0.1) is 0 Å². The van der Waals surface area contributed by atoms with E-state index in [1.807, 2.05) is 26.1 Å². The largest absolute Gasteiger partial charge is 0.382 e. The quantitative estimate of drug-likeness (QED) is 0.720. The van der Waals surface area contributed by atoms with Gasteiger partial charge in [-0.2, -0.15) is 0 Å². The molecule has 0 saturated heterocycles. The van der Waals surface area contributed by atoms with Crippen LogP contribution in [0.5, 0.6) is 0 Å². The molecule has 0 bridgehead atoms. The van der Waals surface area contributed by atoms with Crippen LogP contribution in [0.3, 0.4) is 0 Å². The van der Waals surface area contributed by atoms with Gasteiger partial charge in [0.05, 0.1) is 0 Å². The molecule has 0 saturated carbocycles. The Morgan fingerprint density at radius 1 is 1.29 bits per heavy atom. The van der Waals surface area contributed by atoms with Crippen LogP contribution >= 0.6 is 11.6 Å². The van der Waals surface area contributed by atoms with Crippen molar-refractivity contribution in [3.05, 3.63) is 34.9 Å². The van der Waals surface area contributed by atoms with Gasteiger partial charge in [-0.1, -0.05) is 23.7 Å². The zero-order chi connectivity index (χ0) is 12.5. The van der Waals surface area contributed by atoms with E-state index in [2.05, 4.69) is 17.4 Å². The van der Waals surface area contributed by atoms with E-state index in [0.29, 0.717) is 6.04 Å². The van der Waals surface area contributed by atoms with Gasteiger partial charge in [0.2, 0.25) is 0 Å². The first-order valence-corrected chi connectivity index (χ1v) is 6.63. The summed E-state index contributed by atoms with van der Waals surface area (Å²) in [5.74, 6) is 0. The molecule has 3 heteroatoms. The Morgan fingerprint density at radius 3 is 2.59 bits per heavy atom. The molecule has 0 aromatic heterocycles. The summed E-state index contributed by atoms with van der Waals surface area (Å²) in [5.41, 5.74) is 1.32. The predicted octanol–water partition coefficient (Wildman–Crippen LogP) is 3.29. The molecule has 1 atom stereocenters. The molecule has 0 fully saturated rings. The molecule has 1 rings (SSSR count). The van der Waals surface area contributed by atoms with Crippen LogP contribution in [0.2, 0.25) is 5.02 Å². The first kappa shape index (κ1) is 14.5. The molecule has 0 aliphatic rings. The van der Waals surface area contributed by atoms with Gasteiger partial charge in [-0.05, 0) is 50.9 Å². The first-order chi connectivity index (χ1) is 8.26. The molecule has 17 heavy (non-hydrogen) atoms. The zero-order valence-electron chi connectivity index (χ0n) is 10.7. The van der Waals surface area contributed by atoms with Gasteiger partial charge in [0.15, 0.2) is 0 Å². The van der Waals surface area contributed by atoms with Crippen LogP contribution in [-0.4, -0.2) is 26.3 Å². The second-order valence-electron chi connectivity index (χ2n) is 4.16. The second kappa shape index (κ2) is 8.51. The van der Waals surface area contributed by atoms with E-state index in [9.17, 15) is 0 Å². The van der Waals surface area contributed by atoms with Crippen molar-refractivity contribution < 1.29 is 4.74 Å². The van der Waals surface area contributed by atoms with Gasteiger partial charge in [0.25, 0.3) is 0 Å². The van der Waals surface area contributed by atoms with Crippen LogP contribution in [0, 0.1) is 0 Å². The van der Waals surface area contributed by atoms with Gasteiger partial charge in [0.1, 0.15) is 0 Å².